The molecule has 25 heavy (non-hydrogen) atoms. The van der Waals surface area contributed by atoms with Crippen LogP contribution < -0.4 is 4.74 Å². The largest absolute Gasteiger partial charge is 0.478 e. The van der Waals surface area contributed by atoms with Gasteiger partial charge in [-0.25, -0.2) is 9.78 Å². The van der Waals surface area contributed by atoms with Gasteiger partial charge in [0.1, 0.15) is 10.9 Å². The molecule has 2 heterocycles. The standard InChI is InChI=1S/C17H11ClF3NO3/c18-14-6-5-10(9-22-14)8-16(17(19,20)21)12(15(23)24)7-11-3-1-2-4-13(11)25-16/h1-7,9H,8H2,(H,23,24). The molecule has 0 radical (unpaired) electrons. The Kier molecular flexibility index (Phi) is 4.20. The van der Waals surface area contributed by atoms with E-state index in [1.165, 1.54) is 36.5 Å². The fourth-order valence-electron chi connectivity index (χ4n) is 2.68. The number of rotatable bonds is 3. The van der Waals surface area contributed by atoms with Gasteiger partial charge in [-0.2, -0.15) is 13.2 Å². The second-order valence-electron chi connectivity index (χ2n) is 5.49. The van der Waals surface area contributed by atoms with Crippen LogP contribution in [0.3, 0.4) is 0 Å². The van der Waals surface area contributed by atoms with Crippen LogP contribution in [0.2, 0.25) is 5.15 Å². The van der Waals surface area contributed by atoms with Crippen LogP contribution >= 0.6 is 11.6 Å². The summed E-state index contributed by atoms with van der Waals surface area (Å²) in [5.74, 6) is -1.74. The summed E-state index contributed by atoms with van der Waals surface area (Å²) in [6, 6.07) is 8.65. The Balaban J connectivity index is 2.17. The van der Waals surface area contributed by atoms with Crippen LogP contribution in [0.4, 0.5) is 13.2 Å². The summed E-state index contributed by atoms with van der Waals surface area (Å²) in [5.41, 5.74) is -3.49. The number of pyridine rings is 1. The number of para-hydroxylation sites is 1. The smallest absolute Gasteiger partial charge is 0.433 e. The van der Waals surface area contributed by atoms with E-state index in [0.717, 1.165) is 6.08 Å². The zero-order valence-electron chi connectivity index (χ0n) is 12.5. The second-order valence-corrected chi connectivity index (χ2v) is 5.88. The molecule has 1 unspecified atom stereocenters. The lowest BCUT2D eigenvalue weighted by Gasteiger charge is -2.39. The molecule has 3 rings (SSSR count). The SMILES string of the molecule is O=C(O)C1=Cc2ccccc2OC1(Cc1ccc(Cl)nc1)C(F)(F)F. The number of aromatic nitrogens is 1. The Morgan fingerprint density at radius 1 is 1.24 bits per heavy atom. The van der Waals surface area contributed by atoms with E-state index in [1.807, 2.05) is 0 Å². The van der Waals surface area contributed by atoms with Gasteiger partial charge in [-0.15, -0.1) is 0 Å². The van der Waals surface area contributed by atoms with Gasteiger partial charge in [-0.3, -0.25) is 0 Å². The van der Waals surface area contributed by atoms with Gasteiger partial charge < -0.3 is 9.84 Å². The van der Waals surface area contributed by atoms with Crippen molar-refractivity contribution < 1.29 is 27.8 Å². The molecular formula is C17H11ClF3NO3. The number of benzene rings is 1. The van der Waals surface area contributed by atoms with E-state index in [-0.39, 0.29) is 22.0 Å². The van der Waals surface area contributed by atoms with Crippen molar-refractivity contribution in [3.8, 4) is 5.75 Å². The first-order valence-corrected chi connectivity index (χ1v) is 7.51. The van der Waals surface area contributed by atoms with Crippen LogP contribution in [0.5, 0.6) is 5.75 Å². The number of ether oxygens (including phenoxy) is 1. The van der Waals surface area contributed by atoms with Gasteiger partial charge in [0, 0.05) is 18.2 Å². The van der Waals surface area contributed by atoms with Crippen molar-refractivity contribution in [2.24, 2.45) is 0 Å². The predicted octanol–water partition coefficient (Wildman–Crippen LogP) is 4.14. The normalized spacial score (nSPS) is 19.6. The Morgan fingerprint density at radius 2 is 1.96 bits per heavy atom. The second kappa shape index (κ2) is 6.07. The van der Waals surface area contributed by atoms with E-state index in [0.29, 0.717) is 0 Å². The van der Waals surface area contributed by atoms with Crippen molar-refractivity contribution >= 4 is 23.6 Å². The first-order chi connectivity index (χ1) is 11.7. The molecule has 1 aromatic carbocycles. The van der Waals surface area contributed by atoms with Gasteiger partial charge in [0.25, 0.3) is 0 Å². The van der Waals surface area contributed by atoms with E-state index < -0.39 is 29.7 Å². The summed E-state index contributed by atoms with van der Waals surface area (Å²) >= 11 is 5.66. The third kappa shape index (κ3) is 3.07. The molecule has 0 saturated heterocycles. The summed E-state index contributed by atoms with van der Waals surface area (Å²) in [6.45, 7) is 0. The first-order valence-electron chi connectivity index (χ1n) is 7.13. The van der Waals surface area contributed by atoms with Crippen molar-refractivity contribution in [3.05, 3.63) is 64.4 Å². The number of aliphatic carboxylic acids is 1. The van der Waals surface area contributed by atoms with E-state index in [2.05, 4.69) is 4.98 Å². The van der Waals surface area contributed by atoms with E-state index in [4.69, 9.17) is 16.3 Å². The summed E-state index contributed by atoms with van der Waals surface area (Å²) in [7, 11) is 0. The lowest BCUT2D eigenvalue weighted by atomic mass is 9.83. The molecule has 1 aromatic heterocycles. The molecule has 1 atom stereocenters. The quantitative estimate of drug-likeness (QED) is 0.826. The third-order valence-corrected chi connectivity index (χ3v) is 4.09. The fourth-order valence-corrected chi connectivity index (χ4v) is 2.79. The maximum Gasteiger partial charge on any atom is 0.433 e. The van der Waals surface area contributed by atoms with Crippen LogP contribution in [0, 0.1) is 0 Å². The highest BCUT2D eigenvalue weighted by molar-refractivity contribution is 6.29. The van der Waals surface area contributed by atoms with E-state index >= 15 is 0 Å². The molecule has 2 aromatic rings. The number of alkyl halides is 3. The monoisotopic (exact) mass is 369 g/mol. The topological polar surface area (TPSA) is 59.4 Å². The van der Waals surface area contributed by atoms with Crippen LogP contribution in [-0.4, -0.2) is 27.8 Å². The lowest BCUT2D eigenvalue weighted by molar-refractivity contribution is -0.235. The fraction of sp³-hybridized carbons (Fsp3) is 0.176. The van der Waals surface area contributed by atoms with Crippen molar-refractivity contribution in [2.75, 3.05) is 0 Å². The summed E-state index contributed by atoms with van der Waals surface area (Å²) in [6.07, 6.45) is -3.55. The average Bonchev–Trinajstić information content (AvgIpc) is 2.55. The van der Waals surface area contributed by atoms with E-state index in [1.54, 1.807) is 6.07 Å². The van der Waals surface area contributed by atoms with Crippen LogP contribution in [0.25, 0.3) is 6.08 Å². The summed E-state index contributed by atoms with van der Waals surface area (Å²) in [4.78, 5) is 15.3. The molecule has 0 amide bonds. The van der Waals surface area contributed by atoms with E-state index in [9.17, 15) is 23.1 Å². The number of hydrogen-bond acceptors (Lipinski definition) is 3. The highest BCUT2D eigenvalue weighted by atomic mass is 35.5. The molecule has 0 fully saturated rings. The minimum Gasteiger partial charge on any atom is -0.478 e. The zero-order chi connectivity index (χ0) is 18.2. The minimum atomic E-state index is -4.97. The molecule has 0 saturated carbocycles. The molecule has 1 N–H and O–H groups in total. The van der Waals surface area contributed by atoms with Crippen LogP contribution in [-0.2, 0) is 11.2 Å². The van der Waals surface area contributed by atoms with Gasteiger partial charge >= 0.3 is 12.1 Å². The first kappa shape index (κ1) is 17.3. The molecule has 130 valence electrons. The maximum absolute atomic E-state index is 14.0. The number of nitrogens with zero attached hydrogens (tertiary/aromatic N) is 1. The Hall–Kier alpha value is -2.54. The molecular weight excluding hydrogens is 359 g/mol. The summed E-state index contributed by atoms with van der Waals surface area (Å²) < 4.78 is 47.2. The molecule has 0 spiro atoms. The number of fused-ring (bicyclic) bond motifs is 1. The molecule has 8 heteroatoms. The number of carboxylic acid groups (broad SMARTS) is 1. The minimum absolute atomic E-state index is 0.0354. The molecule has 1 aliphatic rings. The maximum atomic E-state index is 14.0. The van der Waals surface area contributed by atoms with Gasteiger partial charge in [0.2, 0.25) is 5.60 Å². The molecule has 0 aliphatic carbocycles. The van der Waals surface area contributed by atoms with Crippen molar-refractivity contribution in [1.29, 1.82) is 0 Å². The summed E-state index contributed by atoms with van der Waals surface area (Å²) in [5, 5.41) is 9.52. The number of hydrogen-bond donors (Lipinski definition) is 1. The molecule has 0 bridgehead atoms. The zero-order valence-corrected chi connectivity index (χ0v) is 13.3. The Labute approximate surface area is 145 Å². The molecule has 1 aliphatic heterocycles. The van der Waals surface area contributed by atoms with Gasteiger partial charge in [0.15, 0.2) is 0 Å². The number of carboxylic acids is 1. The van der Waals surface area contributed by atoms with Gasteiger partial charge in [-0.1, -0.05) is 35.9 Å². The molecule has 4 nitrogen and oxygen atoms in total. The third-order valence-electron chi connectivity index (χ3n) is 3.87. The number of halogens is 4. The Morgan fingerprint density at radius 3 is 2.56 bits per heavy atom. The van der Waals surface area contributed by atoms with Crippen LogP contribution in [0.15, 0.2) is 48.2 Å². The van der Waals surface area contributed by atoms with Crippen molar-refractivity contribution in [2.45, 2.75) is 18.2 Å². The number of carbonyl (C=O) groups is 1. The van der Waals surface area contributed by atoms with Crippen LogP contribution in [0.1, 0.15) is 11.1 Å². The van der Waals surface area contributed by atoms with Crippen molar-refractivity contribution in [1.82, 2.24) is 4.98 Å². The Bertz CT molecular complexity index is 849. The van der Waals surface area contributed by atoms with Gasteiger partial charge in [0.05, 0.1) is 5.57 Å². The average molecular weight is 370 g/mol. The van der Waals surface area contributed by atoms with Crippen molar-refractivity contribution in [3.63, 3.8) is 0 Å². The highest BCUT2D eigenvalue weighted by Crippen LogP contribution is 2.47. The highest BCUT2D eigenvalue weighted by Gasteiger charge is 2.63. The lowest BCUT2D eigenvalue weighted by Crippen LogP contribution is -2.56. The van der Waals surface area contributed by atoms with Gasteiger partial charge in [-0.05, 0) is 23.8 Å². The predicted molar refractivity (Wildman–Crippen MR) is 84.4 cm³/mol.